The van der Waals surface area contributed by atoms with E-state index in [-0.39, 0.29) is 24.0 Å². The van der Waals surface area contributed by atoms with E-state index in [0.29, 0.717) is 11.9 Å². The van der Waals surface area contributed by atoms with Gasteiger partial charge in [-0.2, -0.15) is 11.8 Å². The van der Waals surface area contributed by atoms with Crippen LogP contribution in [0.15, 0.2) is 35.3 Å². The summed E-state index contributed by atoms with van der Waals surface area (Å²) in [7, 11) is 1.79. The zero-order chi connectivity index (χ0) is 14.6. The number of para-hydroxylation sites is 1. The molecule has 0 bridgehead atoms. The van der Waals surface area contributed by atoms with E-state index < -0.39 is 0 Å². The number of hydrogen-bond donors (Lipinski definition) is 2. The van der Waals surface area contributed by atoms with Crippen LogP contribution in [0, 0.1) is 0 Å². The minimum absolute atomic E-state index is 0. The van der Waals surface area contributed by atoms with Gasteiger partial charge in [-0.25, -0.2) is 0 Å². The molecule has 6 heteroatoms. The highest BCUT2D eigenvalue weighted by Gasteiger charge is 2.01. The first-order valence-electron chi connectivity index (χ1n) is 6.91. The van der Waals surface area contributed by atoms with Crippen LogP contribution in [0.25, 0.3) is 0 Å². The smallest absolute Gasteiger partial charge is 0.191 e. The van der Waals surface area contributed by atoms with Crippen molar-refractivity contribution in [2.24, 2.45) is 4.99 Å². The molecule has 0 saturated heterocycles. The lowest BCUT2D eigenvalue weighted by Gasteiger charge is -2.14. The van der Waals surface area contributed by atoms with Crippen LogP contribution in [-0.4, -0.2) is 44.2 Å². The lowest BCUT2D eigenvalue weighted by Crippen LogP contribution is -2.40. The molecule has 4 nitrogen and oxygen atoms in total. The van der Waals surface area contributed by atoms with E-state index in [2.05, 4.69) is 28.8 Å². The van der Waals surface area contributed by atoms with Crippen molar-refractivity contribution in [3.63, 3.8) is 0 Å². The van der Waals surface area contributed by atoms with Gasteiger partial charge in [-0.3, -0.25) is 4.99 Å². The average Bonchev–Trinajstić information content (AvgIpc) is 2.50. The maximum atomic E-state index is 5.63. The van der Waals surface area contributed by atoms with Crippen molar-refractivity contribution in [1.82, 2.24) is 10.6 Å². The molecular weight excluding hydrogens is 397 g/mol. The predicted molar refractivity (Wildman–Crippen MR) is 104 cm³/mol. The molecule has 1 aromatic carbocycles. The van der Waals surface area contributed by atoms with Crippen LogP contribution in [0.5, 0.6) is 5.75 Å². The number of nitrogens with zero attached hydrogens (tertiary/aromatic N) is 1. The second-order valence-electron chi connectivity index (χ2n) is 4.44. The van der Waals surface area contributed by atoms with E-state index in [1.54, 1.807) is 7.05 Å². The first-order valence-corrected chi connectivity index (χ1v) is 8.20. The van der Waals surface area contributed by atoms with E-state index in [0.717, 1.165) is 31.2 Å². The zero-order valence-corrected chi connectivity index (χ0v) is 16.1. The number of aliphatic imine (C=N–C) groups is 1. The third-order valence-corrected chi connectivity index (χ3v) is 3.78. The van der Waals surface area contributed by atoms with Crippen molar-refractivity contribution >= 4 is 41.7 Å². The van der Waals surface area contributed by atoms with Gasteiger partial charge >= 0.3 is 0 Å². The molecule has 0 aromatic heterocycles. The second kappa shape index (κ2) is 13.1. The molecule has 0 aliphatic carbocycles. The summed E-state index contributed by atoms with van der Waals surface area (Å²) in [4.78, 5) is 4.19. The minimum atomic E-state index is 0. The van der Waals surface area contributed by atoms with Crippen molar-refractivity contribution in [2.45, 2.75) is 18.6 Å². The van der Waals surface area contributed by atoms with Crippen LogP contribution in [0.2, 0.25) is 0 Å². The van der Waals surface area contributed by atoms with Crippen LogP contribution in [-0.2, 0) is 0 Å². The fraction of sp³-hybridized carbons (Fsp3) is 0.533. The predicted octanol–water partition coefficient (Wildman–Crippen LogP) is 2.99. The number of guanidine groups is 1. The van der Waals surface area contributed by atoms with Gasteiger partial charge in [-0.1, -0.05) is 25.1 Å². The Labute approximate surface area is 149 Å². The van der Waals surface area contributed by atoms with Gasteiger partial charge in [0.2, 0.25) is 0 Å². The molecule has 2 N–H and O–H groups in total. The number of ether oxygens (including phenoxy) is 1. The van der Waals surface area contributed by atoms with Crippen LogP contribution >= 0.6 is 35.7 Å². The SMILES string of the molecule is CN=C(NCCCOc1ccccc1)NCC(C)SC.I. The fourth-order valence-electron chi connectivity index (χ4n) is 1.53. The number of nitrogens with one attached hydrogen (secondary N) is 2. The maximum Gasteiger partial charge on any atom is 0.191 e. The largest absolute Gasteiger partial charge is 0.494 e. The maximum absolute atomic E-state index is 5.63. The van der Waals surface area contributed by atoms with Crippen LogP contribution in [0.4, 0.5) is 0 Å². The van der Waals surface area contributed by atoms with Crippen molar-refractivity contribution in [3.05, 3.63) is 30.3 Å². The molecule has 0 saturated carbocycles. The normalized spacial score (nSPS) is 12.2. The molecule has 0 radical (unpaired) electrons. The number of halogens is 1. The van der Waals surface area contributed by atoms with E-state index in [4.69, 9.17) is 4.74 Å². The Morgan fingerprint density at radius 2 is 2.00 bits per heavy atom. The second-order valence-corrected chi connectivity index (χ2v) is 5.72. The Bertz CT molecular complexity index is 390. The summed E-state index contributed by atoms with van der Waals surface area (Å²) in [6, 6.07) is 9.88. The molecule has 0 aliphatic rings. The summed E-state index contributed by atoms with van der Waals surface area (Å²) < 4.78 is 5.63. The standard InChI is InChI=1S/C15H25N3OS.HI/c1-13(20-3)12-18-15(16-2)17-10-7-11-19-14-8-5-4-6-9-14;/h4-6,8-9,13H,7,10-12H2,1-3H3,(H2,16,17,18);1H. The van der Waals surface area contributed by atoms with E-state index in [1.807, 2.05) is 42.1 Å². The summed E-state index contributed by atoms with van der Waals surface area (Å²) in [6.45, 7) is 4.66. The molecule has 0 fully saturated rings. The molecular formula is C15H26IN3OS. The highest BCUT2D eigenvalue weighted by molar-refractivity contribution is 14.0. The Hall–Kier alpha value is -0.630. The minimum Gasteiger partial charge on any atom is -0.494 e. The Morgan fingerprint density at radius 1 is 1.29 bits per heavy atom. The molecule has 120 valence electrons. The van der Waals surface area contributed by atoms with E-state index in [9.17, 15) is 0 Å². The van der Waals surface area contributed by atoms with Gasteiger partial charge in [0, 0.05) is 25.4 Å². The lowest BCUT2D eigenvalue weighted by atomic mass is 10.3. The molecule has 0 spiro atoms. The van der Waals surface area contributed by atoms with Gasteiger partial charge in [0.25, 0.3) is 0 Å². The highest BCUT2D eigenvalue weighted by atomic mass is 127. The average molecular weight is 423 g/mol. The van der Waals surface area contributed by atoms with Gasteiger partial charge < -0.3 is 15.4 Å². The molecule has 1 atom stereocenters. The van der Waals surface area contributed by atoms with Crippen molar-refractivity contribution in [2.75, 3.05) is 33.0 Å². The van der Waals surface area contributed by atoms with E-state index >= 15 is 0 Å². The van der Waals surface area contributed by atoms with Gasteiger partial charge in [0.15, 0.2) is 5.96 Å². The molecule has 1 rings (SSSR count). The summed E-state index contributed by atoms with van der Waals surface area (Å²) in [6.07, 6.45) is 3.05. The Kier molecular flexibility index (Phi) is 12.7. The topological polar surface area (TPSA) is 45.7 Å². The lowest BCUT2D eigenvalue weighted by molar-refractivity contribution is 0.311. The van der Waals surface area contributed by atoms with Crippen molar-refractivity contribution < 1.29 is 4.74 Å². The summed E-state index contributed by atoms with van der Waals surface area (Å²) >= 11 is 1.84. The number of rotatable bonds is 8. The first-order chi connectivity index (χ1) is 9.76. The third-order valence-electron chi connectivity index (χ3n) is 2.81. The Morgan fingerprint density at radius 3 is 2.62 bits per heavy atom. The Balaban J connectivity index is 0.00000400. The molecule has 0 aliphatic heterocycles. The first kappa shape index (κ1) is 20.4. The van der Waals surface area contributed by atoms with Gasteiger partial charge in [0.1, 0.15) is 5.75 Å². The van der Waals surface area contributed by atoms with Crippen LogP contribution < -0.4 is 15.4 Å². The monoisotopic (exact) mass is 423 g/mol. The van der Waals surface area contributed by atoms with Gasteiger partial charge in [-0.05, 0) is 24.8 Å². The summed E-state index contributed by atoms with van der Waals surface area (Å²) in [5.74, 6) is 1.77. The molecule has 21 heavy (non-hydrogen) atoms. The highest BCUT2D eigenvalue weighted by Crippen LogP contribution is 2.08. The van der Waals surface area contributed by atoms with E-state index in [1.165, 1.54) is 0 Å². The number of benzene rings is 1. The quantitative estimate of drug-likeness (QED) is 0.292. The number of thioether (sulfide) groups is 1. The van der Waals surface area contributed by atoms with Crippen molar-refractivity contribution in [1.29, 1.82) is 0 Å². The van der Waals surface area contributed by atoms with Gasteiger partial charge in [-0.15, -0.1) is 24.0 Å². The number of hydrogen-bond acceptors (Lipinski definition) is 3. The summed E-state index contributed by atoms with van der Waals surface area (Å²) in [5, 5.41) is 7.17. The fourth-order valence-corrected chi connectivity index (χ4v) is 1.78. The van der Waals surface area contributed by atoms with Gasteiger partial charge in [0.05, 0.1) is 6.61 Å². The van der Waals surface area contributed by atoms with Crippen LogP contribution in [0.3, 0.4) is 0 Å². The molecule has 1 aromatic rings. The molecule has 0 amide bonds. The third kappa shape index (κ3) is 9.84. The van der Waals surface area contributed by atoms with Crippen molar-refractivity contribution in [3.8, 4) is 5.75 Å². The van der Waals surface area contributed by atoms with Crippen LogP contribution in [0.1, 0.15) is 13.3 Å². The summed E-state index contributed by atoms with van der Waals surface area (Å²) in [5.41, 5.74) is 0. The molecule has 1 unspecified atom stereocenters. The molecule has 0 heterocycles. The zero-order valence-electron chi connectivity index (χ0n) is 13.0.